The summed E-state index contributed by atoms with van der Waals surface area (Å²) in [7, 11) is 0. The van der Waals surface area contributed by atoms with E-state index in [2.05, 4.69) is 4.99 Å². The summed E-state index contributed by atoms with van der Waals surface area (Å²) in [6, 6.07) is 16.4. The first-order chi connectivity index (χ1) is 11.7. The van der Waals surface area contributed by atoms with Gasteiger partial charge in [0.1, 0.15) is 5.75 Å². The lowest BCUT2D eigenvalue weighted by atomic mass is 10.2. The van der Waals surface area contributed by atoms with Crippen LogP contribution in [-0.2, 0) is 4.79 Å². The van der Waals surface area contributed by atoms with Crippen molar-refractivity contribution in [3.63, 3.8) is 0 Å². The number of carbonyl (C=O) groups is 1. The first-order valence-electron chi connectivity index (χ1n) is 7.81. The van der Waals surface area contributed by atoms with Crippen molar-refractivity contribution in [2.45, 2.75) is 13.3 Å². The lowest BCUT2D eigenvalue weighted by molar-refractivity contribution is -0.122. The molecule has 0 spiro atoms. The SMILES string of the molecule is CCCN1C(=O)/C(=C\c2ccc(O)cc2)SC1=Nc1ccccc1. The van der Waals surface area contributed by atoms with Crippen LogP contribution >= 0.6 is 11.8 Å². The maximum Gasteiger partial charge on any atom is 0.266 e. The number of benzene rings is 2. The van der Waals surface area contributed by atoms with Crippen LogP contribution in [0.1, 0.15) is 18.9 Å². The first kappa shape index (κ1) is 16.3. The van der Waals surface area contributed by atoms with Crippen LogP contribution in [0.15, 0.2) is 64.5 Å². The van der Waals surface area contributed by atoms with Crippen molar-refractivity contribution in [3.8, 4) is 5.75 Å². The molecule has 1 aliphatic heterocycles. The van der Waals surface area contributed by atoms with E-state index in [0.29, 0.717) is 16.6 Å². The van der Waals surface area contributed by atoms with Crippen LogP contribution < -0.4 is 0 Å². The predicted octanol–water partition coefficient (Wildman–Crippen LogP) is 4.41. The molecule has 0 radical (unpaired) electrons. The Bertz CT molecular complexity index is 783. The highest BCUT2D eigenvalue weighted by Gasteiger charge is 2.32. The van der Waals surface area contributed by atoms with Gasteiger partial charge in [-0.05, 0) is 54.1 Å². The van der Waals surface area contributed by atoms with Crippen LogP contribution in [0.4, 0.5) is 5.69 Å². The Morgan fingerprint density at radius 1 is 1.12 bits per heavy atom. The molecule has 2 aromatic carbocycles. The monoisotopic (exact) mass is 338 g/mol. The number of rotatable bonds is 4. The molecule has 0 aliphatic carbocycles. The molecule has 1 N–H and O–H groups in total. The van der Waals surface area contributed by atoms with Crippen LogP contribution in [0.2, 0.25) is 0 Å². The van der Waals surface area contributed by atoms with Crippen molar-refractivity contribution in [1.29, 1.82) is 0 Å². The lowest BCUT2D eigenvalue weighted by Gasteiger charge is -2.13. The minimum absolute atomic E-state index is 0.0235. The van der Waals surface area contributed by atoms with Gasteiger partial charge in [0.15, 0.2) is 5.17 Å². The molecule has 1 aliphatic rings. The maximum absolute atomic E-state index is 12.7. The summed E-state index contributed by atoms with van der Waals surface area (Å²) in [4.78, 5) is 19.7. The molecule has 5 heteroatoms. The Morgan fingerprint density at radius 2 is 1.83 bits per heavy atom. The zero-order chi connectivity index (χ0) is 16.9. The van der Waals surface area contributed by atoms with Gasteiger partial charge < -0.3 is 5.11 Å². The highest BCUT2D eigenvalue weighted by atomic mass is 32.2. The third-order valence-corrected chi connectivity index (χ3v) is 4.51. The fraction of sp³-hybridized carbons (Fsp3) is 0.158. The average Bonchev–Trinajstić information content (AvgIpc) is 2.87. The minimum Gasteiger partial charge on any atom is -0.508 e. The van der Waals surface area contributed by atoms with Crippen LogP contribution in [0.3, 0.4) is 0 Å². The summed E-state index contributed by atoms with van der Waals surface area (Å²) >= 11 is 1.39. The number of para-hydroxylation sites is 1. The largest absolute Gasteiger partial charge is 0.508 e. The van der Waals surface area contributed by atoms with E-state index in [1.54, 1.807) is 29.2 Å². The first-order valence-corrected chi connectivity index (χ1v) is 8.63. The molecule has 1 heterocycles. The zero-order valence-corrected chi connectivity index (χ0v) is 14.2. The van der Waals surface area contributed by atoms with Crippen LogP contribution in [-0.4, -0.2) is 27.6 Å². The van der Waals surface area contributed by atoms with Gasteiger partial charge in [0.05, 0.1) is 10.6 Å². The zero-order valence-electron chi connectivity index (χ0n) is 13.3. The predicted molar refractivity (Wildman–Crippen MR) is 99.2 cm³/mol. The third-order valence-electron chi connectivity index (χ3n) is 3.51. The number of hydrogen-bond donors (Lipinski definition) is 1. The van der Waals surface area contributed by atoms with Gasteiger partial charge >= 0.3 is 0 Å². The molecular weight excluding hydrogens is 320 g/mol. The number of amides is 1. The molecule has 0 unspecified atom stereocenters. The summed E-state index contributed by atoms with van der Waals surface area (Å²) in [6.45, 7) is 2.68. The van der Waals surface area contributed by atoms with Gasteiger partial charge in [0.25, 0.3) is 5.91 Å². The van der Waals surface area contributed by atoms with Crippen molar-refractivity contribution < 1.29 is 9.90 Å². The van der Waals surface area contributed by atoms with Crippen molar-refractivity contribution >= 4 is 34.6 Å². The van der Waals surface area contributed by atoms with Crippen molar-refractivity contribution in [3.05, 3.63) is 65.1 Å². The number of carbonyl (C=O) groups excluding carboxylic acids is 1. The maximum atomic E-state index is 12.7. The molecule has 0 aromatic heterocycles. The second-order valence-corrected chi connectivity index (χ2v) is 6.40. The second kappa shape index (κ2) is 7.36. The standard InChI is InChI=1S/C19H18N2O2S/c1-2-12-21-18(23)17(13-14-8-10-16(22)11-9-14)24-19(21)20-15-6-4-3-5-7-15/h3-11,13,22H,2,12H2,1H3/b17-13+,20-19?. The Morgan fingerprint density at radius 3 is 2.50 bits per heavy atom. The molecule has 1 amide bonds. The van der Waals surface area contributed by atoms with E-state index in [0.717, 1.165) is 17.7 Å². The average molecular weight is 338 g/mol. The number of hydrogen-bond acceptors (Lipinski definition) is 4. The van der Waals surface area contributed by atoms with Crippen molar-refractivity contribution in [1.82, 2.24) is 4.90 Å². The molecule has 24 heavy (non-hydrogen) atoms. The molecule has 1 saturated heterocycles. The summed E-state index contributed by atoms with van der Waals surface area (Å²) in [5.41, 5.74) is 1.71. The minimum atomic E-state index is -0.0235. The number of phenols is 1. The number of amidine groups is 1. The summed E-state index contributed by atoms with van der Waals surface area (Å²) in [6.07, 6.45) is 2.70. The third kappa shape index (κ3) is 3.68. The van der Waals surface area contributed by atoms with Crippen LogP contribution in [0.5, 0.6) is 5.75 Å². The normalized spacial score (nSPS) is 17.9. The molecule has 0 bridgehead atoms. The van der Waals surface area contributed by atoms with E-state index in [1.807, 2.05) is 43.3 Å². The fourth-order valence-electron chi connectivity index (χ4n) is 2.35. The van der Waals surface area contributed by atoms with E-state index < -0.39 is 0 Å². The molecule has 0 saturated carbocycles. The fourth-order valence-corrected chi connectivity index (χ4v) is 3.37. The second-order valence-electron chi connectivity index (χ2n) is 5.39. The van der Waals surface area contributed by atoms with Gasteiger partial charge in [-0.2, -0.15) is 0 Å². The molecule has 4 nitrogen and oxygen atoms in total. The Labute approximate surface area is 145 Å². The van der Waals surface area contributed by atoms with Crippen molar-refractivity contribution in [2.24, 2.45) is 4.99 Å². The van der Waals surface area contributed by atoms with E-state index in [9.17, 15) is 9.90 Å². The number of aliphatic imine (C=N–C) groups is 1. The van der Waals surface area contributed by atoms with Gasteiger partial charge in [-0.1, -0.05) is 37.3 Å². The molecule has 122 valence electrons. The molecular formula is C19H18N2O2S. The van der Waals surface area contributed by atoms with Gasteiger partial charge in [-0.15, -0.1) is 0 Å². The molecule has 0 atom stereocenters. The molecule has 1 fully saturated rings. The number of thioether (sulfide) groups is 1. The van der Waals surface area contributed by atoms with Crippen LogP contribution in [0.25, 0.3) is 6.08 Å². The Balaban J connectivity index is 1.92. The van der Waals surface area contributed by atoms with Crippen molar-refractivity contribution in [2.75, 3.05) is 6.54 Å². The van der Waals surface area contributed by atoms with Gasteiger partial charge in [0, 0.05) is 6.54 Å². The smallest absolute Gasteiger partial charge is 0.266 e. The van der Waals surface area contributed by atoms with E-state index in [-0.39, 0.29) is 11.7 Å². The summed E-state index contributed by atoms with van der Waals surface area (Å²) < 4.78 is 0. The number of phenolic OH excluding ortho intramolecular Hbond substituents is 1. The summed E-state index contributed by atoms with van der Waals surface area (Å²) in [5, 5.41) is 10.1. The van der Waals surface area contributed by atoms with E-state index >= 15 is 0 Å². The molecule has 3 rings (SSSR count). The van der Waals surface area contributed by atoms with Crippen LogP contribution in [0, 0.1) is 0 Å². The van der Waals surface area contributed by atoms with Gasteiger partial charge in [-0.3, -0.25) is 9.69 Å². The topological polar surface area (TPSA) is 52.9 Å². The quantitative estimate of drug-likeness (QED) is 0.840. The van der Waals surface area contributed by atoms with Gasteiger partial charge in [0.2, 0.25) is 0 Å². The Hall–Kier alpha value is -2.53. The number of nitrogens with zero attached hydrogens (tertiary/aromatic N) is 2. The number of aromatic hydroxyl groups is 1. The lowest BCUT2D eigenvalue weighted by Crippen LogP contribution is -2.29. The van der Waals surface area contributed by atoms with Gasteiger partial charge in [-0.25, -0.2) is 4.99 Å². The molecule has 2 aromatic rings. The summed E-state index contributed by atoms with van der Waals surface area (Å²) in [5.74, 6) is 0.186. The van der Waals surface area contributed by atoms with E-state index in [1.165, 1.54) is 11.8 Å². The highest BCUT2D eigenvalue weighted by molar-refractivity contribution is 8.18. The Kier molecular flexibility index (Phi) is 5.01. The highest BCUT2D eigenvalue weighted by Crippen LogP contribution is 2.34. The van der Waals surface area contributed by atoms with E-state index in [4.69, 9.17) is 0 Å².